The van der Waals surface area contributed by atoms with Gasteiger partial charge in [-0.3, -0.25) is 14.8 Å². The van der Waals surface area contributed by atoms with Gasteiger partial charge < -0.3 is 5.11 Å². The van der Waals surface area contributed by atoms with Crippen molar-refractivity contribution in [3.05, 3.63) is 61.9 Å². The Morgan fingerprint density at radius 3 is 2.25 bits per heavy atom. The fraction of sp³-hybridized carbons (Fsp3) is 0.312. The number of aliphatic hydroxyl groups excluding tert-OH is 1. The highest BCUT2D eigenvalue weighted by Crippen LogP contribution is 2.44. The second kappa shape index (κ2) is 6.55. The molecule has 2 heterocycles. The lowest BCUT2D eigenvalue weighted by molar-refractivity contribution is -0.289. The Labute approximate surface area is 152 Å². The van der Waals surface area contributed by atoms with Gasteiger partial charge in [0.1, 0.15) is 16.7 Å². The molecule has 1 atom stereocenters. The Morgan fingerprint density at radius 2 is 1.71 bits per heavy atom. The molecule has 0 unspecified atom stereocenters. The van der Waals surface area contributed by atoms with Gasteiger partial charge in [0, 0.05) is 5.56 Å². The zero-order valence-electron chi connectivity index (χ0n) is 14.1. The summed E-state index contributed by atoms with van der Waals surface area (Å²) in [5.41, 5.74) is -2.58. The van der Waals surface area contributed by atoms with E-state index in [0.29, 0.717) is 12.1 Å². The Kier molecular flexibility index (Phi) is 4.61. The van der Waals surface area contributed by atoms with Gasteiger partial charge >= 0.3 is 17.8 Å². The molecule has 150 valence electrons. The number of nitrogens with zero attached hydrogens (tertiary/aromatic N) is 2. The number of H-pyrrole nitrogens is 2. The third-order valence-electron chi connectivity index (χ3n) is 4.30. The van der Waals surface area contributed by atoms with Crippen LogP contribution in [0.25, 0.3) is 11.0 Å². The van der Waals surface area contributed by atoms with Crippen molar-refractivity contribution in [1.29, 1.82) is 0 Å². The van der Waals surface area contributed by atoms with Gasteiger partial charge in [-0.2, -0.15) is 27.1 Å². The van der Waals surface area contributed by atoms with Crippen LogP contribution in [0.2, 0.25) is 0 Å². The van der Waals surface area contributed by atoms with Gasteiger partial charge in [0.25, 0.3) is 5.56 Å². The number of fused-ring (bicyclic) bond motifs is 1. The average molecular weight is 404 g/mol. The molecule has 0 aliphatic heterocycles. The minimum Gasteiger partial charge on any atom is -0.390 e. The number of hydrogen-bond donors (Lipinski definition) is 3. The Bertz CT molecular complexity index is 1130. The Balaban J connectivity index is 2.07. The highest BCUT2D eigenvalue weighted by Gasteiger charge is 2.58. The van der Waals surface area contributed by atoms with E-state index in [1.54, 1.807) is 0 Å². The second-order valence-corrected chi connectivity index (χ2v) is 6.05. The summed E-state index contributed by atoms with van der Waals surface area (Å²) in [6.07, 6.45) is -5.73. The van der Waals surface area contributed by atoms with Crippen LogP contribution in [0.15, 0.2) is 33.9 Å². The normalized spacial score (nSPS) is 13.8. The van der Waals surface area contributed by atoms with Gasteiger partial charge in [-0.25, -0.2) is 9.48 Å². The first-order chi connectivity index (χ1) is 13.0. The zero-order valence-corrected chi connectivity index (χ0v) is 14.1. The summed E-state index contributed by atoms with van der Waals surface area (Å²) in [4.78, 5) is 27.9. The fourth-order valence-electron chi connectivity index (χ4n) is 2.81. The molecule has 0 aliphatic rings. The molecule has 0 amide bonds. The number of aromatic amines is 2. The molecule has 3 aromatic rings. The third-order valence-corrected chi connectivity index (χ3v) is 4.30. The maximum atomic E-state index is 13.4. The first-order valence-corrected chi connectivity index (χ1v) is 7.87. The quantitative estimate of drug-likeness (QED) is 0.580. The first kappa shape index (κ1) is 19.7. The number of aliphatic hydroxyl groups is 1. The van der Waals surface area contributed by atoms with E-state index in [0.717, 1.165) is 12.1 Å². The van der Waals surface area contributed by atoms with Gasteiger partial charge in [0.2, 0.25) is 0 Å². The fourth-order valence-corrected chi connectivity index (χ4v) is 2.81. The molecule has 1 aromatic carbocycles. The monoisotopic (exact) mass is 404 g/mol. The lowest BCUT2D eigenvalue weighted by Crippen LogP contribution is -2.33. The van der Waals surface area contributed by atoms with E-state index in [1.165, 1.54) is 11.6 Å². The van der Waals surface area contributed by atoms with Crippen molar-refractivity contribution in [1.82, 2.24) is 19.7 Å². The molecule has 0 radical (unpaired) electrons. The molecule has 0 spiro atoms. The molecule has 12 heteroatoms. The van der Waals surface area contributed by atoms with Crippen molar-refractivity contribution in [3.63, 3.8) is 0 Å². The van der Waals surface area contributed by atoms with Crippen LogP contribution in [0.3, 0.4) is 0 Å². The lowest BCUT2D eigenvalue weighted by atomic mass is 10.0. The highest BCUT2D eigenvalue weighted by molar-refractivity contribution is 5.77. The molecule has 3 N–H and O–H groups in total. The van der Waals surface area contributed by atoms with Crippen LogP contribution >= 0.6 is 0 Å². The van der Waals surface area contributed by atoms with E-state index in [9.17, 15) is 36.6 Å². The summed E-state index contributed by atoms with van der Waals surface area (Å²) in [6.45, 7) is 0.923. The molecule has 3 rings (SSSR count). The van der Waals surface area contributed by atoms with E-state index in [2.05, 4.69) is 10.1 Å². The van der Waals surface area contributed by atoms with Crippen LogP contribution in [0, 0.1) is 0 Å². The van der Waals surface area contributed by atoms with E-state index in [-0.39, 0.29) is 22.3 Å². The molecule has 0 aliphatic carbocycles. The van der Waals surface area contributed by atoms with Gasteiger partial charge in [-0.1, -0.05) is 24.3 Å². The van der Waals surface area contributed by atoms with Crippen molar-refractivity contribution >= 4 is 11.0 Å². The number of benzene rings is 1. The van der Waals surface area contributed by atoms with Crippen molar-refractivity contribution < 1.29 is 27.1 Å². The first-order valence-electron chi connectivity index (χ1n) is 7.87. The lowest BCUT2D eigenvalue weighted by Gasteiger charge is -2.21. The number of hydrogen-bond acceptors (Lipinski definition) is 4. The highest BCUT2D eigenvalue weighted by atomic mass is 19.4. The molecule has 28 heavy (non-hydrogen) atoms. The number of halogens is 5. The topological polar surface area (TPSA) is 104 Å². The number of rotatable bonds is 4. The summed E-state index contributed by atoms with van der Waals surface area (Å²) in [5.74, 6) is -5.00. The molecule has 0 saturated carbocycles. The van der Waals surface area contributed by atoms with E-state index in [1.807, 2.05) is 4.98 Å². The van der Waals surface area contributed by atoms with Gasteiger partial charge in [-0.05, 0) is 12.5 Å². The molecule has 2 aromatic heterocycles. The minimum atomic E-state index is -5.73. The predicted molar refractivity (Wildman–Crippen MR) is 87.1 cm³/mol. The average Bonchev–Trinajstić information content (AvgIpc) is 2.99. The smallest absolute Gasteiger partial charge is 0.390 e. The van der Waals surface area contributed by atoms with E-state index >= 15 is 0 Å². The number of nitrogens with one attached hydrogen (secondary N) is 2. The predicted octanol–water partition coefficient (Wildman–Crippen LogP) is 2.17. The summed E-state index contributed by atoms with van der Waals surface area (Å²) in [5, 5.41) is 13.4. The second-order valence-electron chi connectivity index (χ2n) is 6.05. The van der Waals surface area contributed by atoms with Crippen molar-refractivity contribution in [2.24, 2.45) is 0 Å². The maximum absolute atomic E-state index is 13.4. The summed E-state index contributed by atoms with van der Waals surface area (Å²) in [7, 11) is 0. The minimum absolute atomic E-state index is 0.0185. The Hall–Kier alpha value is -3.02. The van der Waals surface area contributed by atoms with Crippen LogP contribution in [-0.2, 0) is 12.5 Å². The molecular formula is C16H13F5N4O3. The van der Waals surface area contributed by atoms with Crippen molar-refractivity contribution in [2.75, 3.05) is 0 Å². The molecule has 0 fully saturated rings. The standard InChI is InChI=1S/C16H13F5N4O3/c1-7(8-2-4-9(5-3-8)15(17,18)16(19,20)21)25-12-11(10(6-26)24-25)13(27)23-14(28)22-12/h2-5,7,26H,6H2,1H3,(H2,22,23,27,28)/t7-/m1/s1. The van der Waals surface area contributed by atoms with Crippen molar-refractivity contribution in [2.45, 2.75) is 31.7 Å². The number of alkyl halides is 5. The SMILES string of the molecule is C[C@H](c1ccc(C(F)(F)C(F)(F)F)cc1)n1nc(CO)c2c(=O)[nH]c(=O)[nH]c21. The van der Waals surface area contributed by atoms with Gasteiger partial charge in [-0.15, -0.1) is 0 Å². The van der Waals surface area contributed by atoms with Crippen LogP contribution in [-0.4, -0.2) is 31.0 Å². The maximum Gasteiger partial charge on any atom is 0.458 e. The zero-order chi connectivity index (χ0) is 20.9. The summed E-state index contributed by atoms with van der Waals surface area (Å²) in [6, 6.07) is 2.67. The summed E-state index contributed by atoms with van der Waals surface area (Å²) < 4.78 is 65.5. The molecular weight excluding hydrogens is 391 g/mol. The van der Waals surface area contributed by atoms with Gasteiger partial charge in [0.05, 0.1) is 12.6 Å². The van der Waals surface area contributed by atoms with E-state index in [4.69, 9.17) is 0 Å². The van der Waals surface area contributed by atoms with Crippen molar-refractivity contribution in [3.8, 4) is 0 Å². The van der Waals surface area contributed by atoms with Crippen LogP contribution in [0.5, 0.6) is 0 Å². The Morgan fingerprint density at radius 1 is 1.11 bits per heavy atom. The van der Waals surface area contributed by atoms with Crippen LogP contribution < -0.4 is 11.2 Å². The van der Waals surface area contributed by atoms with Crippen LogP contribution in [0.1, 0.15) is 29.8 Å². The van der Waals surface area contributed by atoms with Gasteiger partial charge in [0.15, 0.2) is 0 Å². The third kappa shape index (κ3) is 3.09. The van der Waals surface area contributed by atoms with E-state index < -0.39 is 41.6 Å². The molecule has 7 nitrogen and oxygen atoms in total. The molecule has 0 bridgehead atoms. The largest absolute Gasteiger partial charge is 0.458 e. The summed E-state index contributed by atoms with van der Waals surface area (Å²) >= 11 is 0. The number of aromatic nitrogens is 4. The van der Waals surface area contributed by atoms with Crippen LogP contribution in [0.4, 0.5) is 22.0 Å². The molecule has 0 saturated heterocycles.